The molecule has 1 heterocycles. The molecule has 0 aromatic carbocycles. The molecule has 1 aliphatic heterocycles. The SMILES string of the molecule is CN=C(NCCSC)NCC1CCN(CCOC)CC1. The second-order valence-electron chi connectivity index (χ2n) is 5.15. The van der Waals surface area contributed by atoms with Gasteiger partial charge in [0.25, 0.3) is 0 Å². The lowest BCUT2D eigenvalue weighted by Crippen LogP contribution is -2.43. The smallest absolute Gasteiger partial charge is 0.191 e. The third kappa shape index (κ3) is 7.36. The van der Waals surface area contributed by atoms with E-state index < -0.39 is 0 Å². The summed E-state index contributed by atoms with van der Waals surface area (Å²) >= 11 is 1.85. The van der Waals surface area contributed by atoms with Gasteiger partial charge in [0, 0.05) is 39.5 Å². The number of hydrogen-bond donors (Lipinski definition) is 2. The molecule has 0 unspecified atom stereocenters. The van der Waals surface area contributed by atoms with Crippen LogP contribution in [0, 0.1) is 5.92 Å². The number of nitrogens with zero attached hydrogens (tertiary/aromatic N) is 2. The van der Waals surface area contributed by atoms with Crippen LogP contribution in [0.3, 0.4) is 0 Å². The largest absolute Gasteiger partial charge is 0.383 e. The molecule has 2 N–H and O–H groups in total. The molecule has 0 spiro atoms. The number of methoxy groups -OCH3 is 1. The average Bonchev–Trinajstić information content (AvgIpc) is 2.49. The van der Waals surface area contributed by atoms with E-state index in [2.05, 4.69) is 26.8 Å². The maximum absolute atomic E-state index is 5.13. The van der Waals surface area contributed by atoms with Crippen LogP contribution in [-0.4, -0.2) is 76.4 Å². The van der Waals surface area contributed by atoms with Crippen molar-refractivity contribution in [3.63, 3.8) is 0 Å². The summed E-state index contributed by atoms with van der Waals surface area (Å²) < 4.78 is 5.13. The highest BCUT2D eigenvalue weighted by Gasteiger charge is 2.18. The Morgan fingerprint density at radius 3 is 2.70 bits per heavy atom. The van der Waals surface area contributed by atoms with Crippen LogP contribution in [-0.2, 0) is 4.74 Å². The molecule has 20 heavy (non-hydrogen) atoms. The molecule has 118 valence electrons. The van der Waals surface area contributed by atoms with Crippen molar-refractivity contribution in [2.75, 3.05) is 65.5 Å². The Morgan fingerprint density at radius 1 is 1.35 bits per heavy atom. The highest BCUT2D eigenvalue weighted by Crippen LogP contribution is 2.15. The molecule has 6 heteroatoms. The van der Waals surface area contributed by atoms with Crippen molar-refractivity contribution in [1.82, 2.24) is 15.5 Å². The molecule has 0 bridgehead atoms. The van der Waals surface area contributed by atoms with Gasteiger partial charge in [-0.2, -0.15) is 11.8 Å². The van der Waals surface area contributed by atoms with Gasteiger partial charge in [-0.25, -0.2) is 0 Å². The van der Waals surface area contributed by atoms with Crippen molar-refractivity contribution in [3.05, 3.63) is 0 Å². The summed E-state index contributed by atoms with van der Waals surface area (Å²) in [6.45, 7) is 6.28. The second-order valence-corrected chi connectivity index (χ2v) is 6.14. The number of piperidine rings is 1. The molecular formula is C14H30N4OS. The number of ether oxygens (including phenoxy) is 1. The van der Waals surface area contributed by atoms with Gasteiger partial charge in [0.15, 0.2) is 5.96 Å². The Hall–Kier alpha value is -0.460. The Labute approximate surface area is 127 Å². The predicted octanol–water partition coefficient (Wildman–Crippen LogP) is 0.873. The summed E-state index contributed by atoms with van der Waals surface area (Å²) in [7, 11) is 3.61. The average molecular weight is 302 g/mol. The molecule has 0 aromatic heterocycles. The summed E-state index contributed by atoms with van der Waals surface area (Å²) in [5.41, 5.74) is 0. The van der Waals surface area contributed by atoms with E-state index in [0.717, 1.165) is 43.9 Å². The Kier molecular flexibility index (Phi) is 9.87. The zero-order valence-corrected chi connectivity index (χ0v) is 14.0. The summed E-state index contributed by atoms with van der Waals surface area (Å²) in [6, 6.07) is 0. The van der Waals surface area contributed by atoms with Crippen LogP contribution in [0.15, 0.2) is 4.99 Å². The predicted molar refractivity (Wildman–Crippen MR) is 88.8 cm³/mol. The quantitative estimate of drug-likeness (QED) is 0.396. The van der Waals surface area contributed by atoms with E-state index in [-0.39, 0.29) is 0 Å². The van der Waals surface area contributed by atoms with Crippen LogP contribution >= 0.6 is 11.8 Å². The van der Waals surface area contributed by atoms with Crippen LogP contribution in [0.2, 0.25) is 0 Å². The van der Waals surface area contributed by atoms with Gasteiger partial charge < -0.3 is 20.3 Å². The van der Waals surface area contributed by atoms with Crippen LogP contribution in [0.25, 0.3) is 0 Å². The molecule has 0 aromatic rings. The number of guanidine groups is 1. The first-order valence-electron chi connectivity index (χ1n) is 7.45. The first-order valence-corrected chi connectivity index (χ1v) is 8.84. The molecule has 1 aliphatic rings. The molecule has 0 aliphatic carbocycles. The van der Waals surface area contributed by atoms with Crippen molar-refractivity contribution in [2.24, 2.45) is 10.9 Å². The number of nitrogens with one attached hydrogen (secondary N) is 2. The van der Waals surface area contributed by atoms with Crippen LogP contribution in [0.4, 0.5) is 0 Å². The van der Waals surface area contributed by atoms with Crippen molar-refractivity contribution in [1.29, 1.82) is 0 Å². The summed E-state index contributed by atoms with van der Waals surface area (Å²) in [5.74, 6) is 2.80. The Bertz CT molecular complexity index is 268. The molecule has 1 rings (SSSR count). The highest BCUT2D eigenvalue weighted by atomic mass is 32.2. The maximum atomic E-state index is 5.13. The summed E-state index contributed by atoms with van der Waals surface area (Å²) in [5, 5.41) is 6.78. The molecule has 0 saturated carbocycles. The lowest BCUT2D eigenvalue weighted by atomic mass is 9.97. The standard InChI is InChI=1S/C14H30N4OS/c1-15-14(16-6-11-20-3)17-12-13-4-7-18(8-5-13)9-10-19-2/h13H,4-12H2,1-3H3,(H2,15,16,17). The molecule has 1 fully saturated rings. The van der Waals surface area contributed by atoms with E-state index in [1.54, 1.807) is 7.11 Å². The minimum absolute atomic E-state index is 0.757. The van der Waals surface area contributed by atoms with Gasteiger partial charge in [0.2, 0.25) is 0 Å². The van der Waals surface area contributed by atoms with E-state index in [9.17, 15) is 0 Å². The van der Waals surface area contributed by atoms with Crippen LogP contribution in [0.5, 0.6) is 0 Å². The lowest BCUT2D eigenvalue weighted by molar-refractivity contribution is 0.121. The number of rotatable bonds is 8. The van der Waals surface area contributed by atoms with Crippen molar-refractivity contribution in [3.8, 4) is 0 Å². The fraction of sp³-hybridized carbons (Fsp3) is 0.929. The van der Waals surface area contributed by atoms with Crippen LogP contribution < -0.4 is 10.6 Å². The van der Waals surface area contributed by atoms with Crippen molar-refractivity contribution in [2.45, 2.75) is 12.8 Å². The van der Waals surface area contributed by atoms with Crippen molar-refractivity contribution < 1.29 is 4.74 Å². The summed E-state index contributed by atoms with van der Waals surface area (Å²) in [4.78, 5) is 6.75. The first kappa shape index (κ1) is 17.6. The molecule has 0 amide bonds. The minimum Gasteiger partial charge on any atom is -0.383 e. The highest BCUT2D eigenvalue weighted by molar-refractivity contribution is 7.98. The van der Waals surface area contributed by atoms with E-state index in [1.165, 1.54) is 25.9 Å². The van der Waals surface area contributed by atoms with Gasteiger partial charge >= 0.3 is 0 Å². The molecule has 0 atom stereocenters. The van der Waals surface area contributed by atoms with E-state index in [4.69, 9.17) is 4.74 Å². The van der Waals surface area contributed by atoms with E-state index in [0.29, 0.717) is 0 Å². The Balaban J connectivity index is 2.13. The third-order valence-corrected chi connectivity index (χ3v) is 4.31. The van der Waals surface area contributed by atoms with Gasteiger partial charge in [-0.05, 0) is 38.1 Å². The minimum atomic E-state index is 0.757. The lowest BCUT2D eigenvalue weighted by Gasteiger charge is -2.32. The molecule has 0 radical (unpaired) electrons. The van der Waals surface area contributed by atoms with Crippen molar-refractivity contribution >= 4 is 17.7 Å². The first-order chi connectivity index (χ1) is 9.80. The fourth-order valence-electron chi connectivity index (χ4n) is 2.37. The number of aliphatic imine (C=N–C) groups is 1. The van der Waals surface area contributed by atoms with E-state index in [1.807, 2.05) is 18.8 Å². The molecule has 5 nitrogen and oxygen atoms in total. The number of thioether (sulfide) groups is 1. The fourth-order valence-corrected chi connectivity index (χ4v) is 2.67. The van der Waals surface area contributed by atoms with Gasteiger partial charge in [-0.1, -0.05) is 0 Å². The molecular weight excluding hydrogens is 272 g/mol. The zero-order chi connectivity index (χ0) is 14.6. The zero-order valence-electron chi connectivity index (χ0n) is 13.2. The van der Waals surface area contributed by atoms with E-state index >= 15 is 0 Å². The monoisotopic (exact) mass is 302 g/mol. The number of likely N-dealkylation sites (tertiary alicyclic amines) is 1. The normalized spacial score (nSPS) is 18.2. The van der Waals surface area contributed by atoms with Gasteiger partial charge in [0.05, 0.1) is 6.61 Å². The third-order valence-electron chi connectivity index (χ3n) is 3.70. The van der Waals surface area contributed by atoms with Gasteiger partial charge in [0.1, 0.15) is 0 Å². The van der Waals surface area contributed by atoms with Gasteiger partial charge in [-0.15, -0.1) is 0 Å². The molecule has 1 saturated heterocycles. The maximum Gasteiger partial charge on any atom is 0.191 e. The second kappa shape index (κ2) is 11.2. The Morgan fingerprint density at radius 2 is 2.10 bits per heavy atom. The summed E-state index contributed by atoms with van der Waals surface area (Å²) in [6.07, 6.45) is 4.65. The number of hydrogen-bond acceptors (Lipinski definition) is 4. The van der Waals surface area contributed by atoms with Crippen LogP contribution in [0.1, 0.15) is 12.8 Å². The van der Waals surface area contributed by atoms with Gasteiger partial charge in [-0.3, -0.25) is 4.99 Å². The topological polar surface area (TPSA) is 48.9 Å².